The fourth-order valence-corrected chi connectivity index (χ4v) is 6.56. The lowest BCUT2D eigenvalue weighted by atomic mass is 10.0. The van der Waals surface area contributed by atoms with Crippen LogP contribution in [0.25, 0.3) is 0 Å². The molecular weight excluding hydrogens is 759 g/mol. The van der Waals surface area contributed by atoms with Crippen LogP contribution in [-0.2, 0) is 32.6 Å². The first-order valence-electron chi connectivity index (χ1n) is 16.8. The molecule has 0 radical (unpaired) electrons. The van der Waals surface area contributed by atoms with Gasteiger partial charge in [-0.25, -0.2) is 27.1 Å². The summed E-state index contributed by atoms with van der Waals surface area (Å²) in [5.74, 6) is -4.69. The van der Waals surface area contributed by atoms with Gasteiger partial charge < -0.3 is 24.6 Å². The first kappa shape index (κ1) is 42.5. The van der Waals surface area contributed by atoms with Crippen molar-refractivity contribution in [3.05, 3.63) is 145 Å². The minimum atomic E-state index is -5.02. The molecule has 56 heavy (non-hydrogen) atoms. The third-order valence-electron chi connectivity index (χ3n) is 8.07. The van der Waals surface area contributed by atoms with Gasteiger partial charge in [0.25, 0.3) is 0 Å². The summed E-state index contributed by atoms with van der Waals surface area (Å²) < 4.78 is 97.9. The number of hydrogen-bond donors (Lipinski definition) is 3. The van der Waals surface area contributed by atoms with Crippen LogP contribution in [0.4, 0.5) is 33.7 Å². The largest absolute Gasteiger partial charge is 0.497 e. The third-order valence-corrected chi connectivity index (χ3v) is 9.12. The van der Waals surface area contributed by atoms with Gasteiger partial charge in [-0.05, 0) is 90.3 Å². The van der Waals surface area contributed by atoms with Gasteiger partial charge >= 0.3 is 16.2 Å². The number of anilines is 2. The number of urea groups is 1. The van der Waals surface area contributed by atoms with Crippen molar-refractivity contribution in [2.75, 3.05) is 37.1 Å². The lowest BCUT2D eigenvalue weighted by molar-refractivity contribution is -0.120. The molecule has 4 amide bonds. The first-order chi connectivity index (χ1) is 26.6. The molecule has 0 aromatic heterocycles. The zero-order valence-corrected chi connectivity index (χ0v) is 31.1. The number of halogens is 4. The summed E-state index contributed by atoms with van der Waals surface area (Å²) in [5, 5.41) is 2.25. The number of nitrogens with one attached hydrogen (secondary N) is 3. The summed E-state index contributed by atoms with van der Waals surface area (Å²) in [6.07, 6.45) is 1.68. The van der Waals surface area contributed by atoms with Crippen molar-refractivity contribution in [1.82, 2.24) is 14.8 Å². The molecular formula is C39H39F4N5O7S. The summed E-state index contributed by atoms with van der Waals surface area (Å²) >= 11 is 0. The van der Waals surface area contributed by atoms with Crippen LogP contribution in [0.3, 0.4) is 0 Å². The van der Waals surface area contributed by atoms with E-state index in [2.05, 4.69) is 23.2 Å². The topological polar surface area (TPSA) is 146 Å². The van der Waals surface area contributed by atoms with E-state index in [-0.39, 0.29) is 29.9 Å². The van der Waals surface area contributed by atoms with Crippen LogP contribution in [0.1, 0.15) is 11.1 Å². The summed E-state index contributed by atoms with van der Waals surface area (Å²) in [6.45, 7) is 7.09. The zero-order valence-electron chi connectivity index (χ0n) is 30.3. The highest BCUT2D eigenvalue weighted by molar-refractivity contribution is 7.88. The molecule has 0 fully saturated rings. The SMILES string of the molecule is C=CCN(C(=O)C(Cc1cc(F)cc(F)c1)NC(=O)NS(=O)(=O)N[C@@H](Cc1cc(F)cc(F)c1)C(=O)N(CC=C)c1ccc(OC)cc1)c1ccc(OC)cc1. The number of ether oxygens (including phenoxy) is 2. The highest BCUT2D eigenvalue weighted by Crippen LogP contribution is 2.23. The molecule has 0 bridgehead atoms. The van der Waals surface area contributed by atoms with Crippen LogP contribution in [0.2, 0.25) is 0 Å². The van der Waals surface area contributed by atoms with Gasteiger partial charge in [0.1, 0.15) is 46.9 Å². The van der Waals surface area contributed by atoms with Crippen molar-refractivity contribution < 1.29 is 49.8 Å². The number of rotatable bonds is 18. The molecule has 3 N–H and O–H groups in total. The fourth-order valence-electron chi connectivity index (χ4n) is 5.64. The van der Waals surface area contributed by atoms with E-state index in [0.717, 1.165) is 29.2 Å². The Labute approximate surface area is 321 Å². The fraction of sp³-hybridized carbons (Fsp3) is 0.205. The quantitative estimate of drug-likeness (QED) is 0.0909. The van der Waals surface area contributed by atoms with Crippen molar-refractivity contribution in [2.45, 2.75) is 24.9 Å². The molecule has 0 saturated heterocycles. The second kappa shape index (κ2) is 19.4. The maximum Gasteiger partial charge on any atom is 0.330 e. The molecule has 0 aliphatic heterocycles. The van der Waals surface area contributed by atoms with E-state index in [1.54, 1.807) is 29.0 Å². The molecule has 12 nitrogen and oxygen atoms in total. The Kier molecular flexibility index (Phi) is 14.7. The second-order valence-corrected chi connectivity index (χ2v) is 13.6. The van der Waals surface area contributed by atoms with Crippen LogP contribution in [0.5, 0.6) is 11.5 Å². The van der Waals surface area contributed by atoms with Crippen LogP contribution < -0.4 is 34.0 Å². The number of carbonyl (C=O) groups is 3. The van der Waals surface area contributed by atoms with Gasteiger partial charge in [-0.15, -0.1) is 13.2 Å². The minimum Gasteiger partial charge on any atom is -0.497 e. The van der Waals surface area contributed by atoms with E-state index in [4.69, 9.17) is 9.47 Å². The molecule has 4 aromatic carbocycles. The smallest absolute Gasteiger partial charge is 0.330 e. The van der Waals surface area contributed by atoms with E-state index < -0.39 is 76.2 Å². The molecule has 0 saturated carbocycles. The summed E-state index contributed by atoms with van der Waals surface area (Å²) in [5.41, 5.74) is 0.449. The average Bonchev–Trinajstić information content (AvgIpc) is 3.14. The number of hydrogen-bond acceptors (Lipinski definition) is 7. The molecule has 0 spiro atoms. The number of carbonyl (C=O) groups excluding carboxylic acids is 3. The standard InChI is InChI=1S/C39H39F4N5O7S/c1-5-15-47(31-7-11-33(54-3)12-8-31)37(49)35(21-25-17-27(40)23-28(41)18-25)44-39(51)46-56(52,53)45-36(22-26-19-29(42)24-30(43)20-26)38(50)48(16-6-2)32-9-13-34(55-4)14-10-32/h5-14,17-20,23-24,35-36,45H,1-2,15-16,21-22H2,3-4H3,(H2,44,46,51)/t35?,36-/m0/s1. The normalized spacial score (nSPS) is 12.1. The van der Waals surface area contributed by atoms with E-state index in [1.807, 2.05) is 0 Å². The number of amides is 4. The molecule has 2 atom stereocenters. The maximum atomic E-state index is 14.2. The van der Waals surface area contributed by atoms with E-state index in [1.165, 1.54) is 55.5 Å². The Morgan fingerprint density at radius 2 is 1.04 bits per heavy atom. The highest BCUT2D eigenvalue weighted by atomic mass is 32.2. The predicted molar refractivity (Wildman–Crippen MR) is 203 cm³/mol. The number of nitrogens with zero attached hydrogens (tertiary/aromatic N) is 2. The van der Waals surface area contributed by atoms with Gasteiger partial charge in [-0.1, -0.05) is 12.2 Å². The maximum absolute atomic E-state index is 14.2. The van der Waals surface area contributed by atoms with Gasteiger partial charge in [0.2, 0.25) is 11.8 Å². The van der Waals surface area contributed by atoms with Crippen LogP contribution >= 0.6 is 0 Å². The Morgan fingerprint density at radius 1 is 0.661 bits per heavy atom. The summed E-state index contributed by atoms with van der Waals surface area (Å²) in [4.78, 5) is 43.8. The van der Waals surface area contributed by atoms with Gasteiger partial charge in [0.15, 0.2) is 0 Å². The van der Waals surface area contributed by atoms with Gasteiger partial charge in [0.05, 0.1) is 14.2 Å². The lowest BCUT2D eigenvalue weighted by Crippen LogP contribution is -2.57. The average molecular weight is 798 g/mol. The monoisotopic (exact) mass is 797 g/mol. The molecule has 296 valence electrons. The Bertz CT molecular complexity index is 2120. The third kappa shape index (κ3) is 11.9. The Hall–Kier alpha value is -6.20. The van der Waals surface area contributed by atoms with Gasteiger partial charge in [-0.3, -0.25) is 9.59 Å². The molecule has 0 aliphatic carbocycles. The van der Waals surface area contributed by atoms with E-state index in [9.17, 15) is 40.4 Å². The molecule has 17 heteroatoms. The second-order valence-electron chi connectivity index (χ2n) is 12.1. The van der Waals surface area contributed by atoms with Crippen LogP contribution in [0.15, 0.2) is 110 Å². The molecule has 0 heterocycles. The molecule has 4 aromatic rings. The van der Waals surface area contributed by atoms with Crippen molar-refractivity contribution in [3.63, 3.8) is 0 Å². The van der Waals surface area contributed by atoms with Crippen molar-refractivity contribution >= 4 is 39.4 Å². The Balaban J connectivity index is 1.65. The van der Waals surface area contributed by atoms with Crippen molar-refractivity contribution in [2.24, 2.45) is 0 Å². The number of methoxy groups -OCH3 is 2. The zero-order chi connectivity index (χ0) is 41.0. The Morgan fingerprint density at radius 3 is 1.41 bits per heavy atom. The van der Waals surface area contributed by atoms with Gasteiger partial charge in [0, 0.05) is 43.0 Å². The van der Waals surface area contributed by atoms with E-state index >= 15 is 0 Å². The number of benzene rings is 4. The van der Waals surface area contributed by atoms with Crippen molar-refractivity contribution in [1.29, 1.82) is 0 Å². The van der Waals surface area contributed by atoms with Crippen LogP contribution in [0, 0.1) is 23.3 Å². The van der Waals surface area contributed by atoms with Crippen molar-refractivity contribution in [3.8, 4) is 11.5 Å². The molecule has 1 unspecified atom stereocenters. The van der Waals surface area contributed by atoms with Gasteiger partial charge in [-0.2, -0.15) is 13.1 Å². The first-order valence-corrected chi connectivity index (χ1v) is 18.3. The lowest BCUT2D eigenvalue weighted by Gasteiger charge is -2.28. The van der Waals surface area contributed by atoms with Crippen LogP contribution in [-0.4, -0.2) is 65.7 Å². The minimum absolute atomic E-state index is 0.0516. The highest BCUT2D eigenvalue weighted by Gasteiger charge is 2.33. The molecule has 4 rings (SSSR count). The molecule has 0 aliphatic rings. The predicted octanol–water partition coefficient (Wildman–Crippen LogP) is 5.35. The summed E-state index contributed by atoms with van der Waals surface area (Å²) in [6, 6.07) is 12.4. The summed E-state index contributed by atoms with van der Waals surface area (Å²) in [7, 11) is -2.14. The van der Waals surface area contributed by atoms with E-state index in [0.29, 0.717) is 29.3 Å².